The Balaban J connectivity index is 1.41. The molecule has 1 fully saturated rings. The first-order chi connectivity index (χ1) is 13.7. The van der Waals surface area contributed by atoms with Gasteiger partial charge in [-0.3, -0.25) is 9.88 Å². The Morgan fingerprint density at radius 3 is 2.89 bits per heavy atom. The lowest BCUT2D eigenvalue weighted by Gasteiger charge is -2.34. The average Bonchev–Trinajstić information content (AvgIpc) is 3.09. The molecule has 0 saturated carbocycles. The number of aryl methyl sites for hydroxylation is 1. The first-order valence-electron chi connectivity index (χ1n) is 9.46. The number of nitrogens with one attached hydrogen (secondary N) is 2. The van der Waals surface area contributed by atoms with Crippen molar-refractivity contribution in [3.8, 4) is 0 Å². The number of ether oxygens (including phenoxy) is 1. The Labute approximate surface area is 163 Å². The Kier molecular flexibility index (Phi) is 5.55. The number of rotatable bonds is 5. The number of nitrogens with zero attached hydrogens (tertiary/aromatic N) is 2. The van der Waals surface area contributed by atoms with Crippen molar-refractivity contribution in [1.29, 1.82) is 0 Å². The predicted octanol–water partition coefficient (Wildman–Crippen LogP) is 3.33. The molecule has 3 aromatic rings. The van der Waals surface area contributed by atoms with Crippen LogP contribution in [-0.2, 0) is 4.74 Å². The molecule has 7 heteroatoms. The van der Waals surface area contributed by atoms with Crippen molar-refractivity contribution in [1.82, 2.24) is 15.2 Å². The van der Waals surface area contributed by atoms with Crippen LogP contribution in [0.25, 0.3) is 11.0 Å². The molecule has 4 rings (SSSR count). The maximum absolute atomic E-state index is 12.5. The lowest BCUT2D eigenvalue weighted by Crippen LogP contribution is -2.44. The number of hydrogen-bond acceptors (Lipinski definition) is 5. The molecule has 1 unspecified atom stereocenters. The number of aromatic nitrogens is 1. The van der Waals surface area contributed by atoms with Crippen LogP contribution in [0.3, 0.4) is 0 Å². The van der Waals surface area contributed by atoms with Crippen LogP contribution in [-0.4, -0.2) is 48.8 Å². The summed E-state index contributed by atoms with van der Waals surface area (Å²) in [5.41, 5.74) is 2.63. The third-order valence-corrected chi connectivity index (χ3v) is 4.91. The molecule has 0 bridgehead atoms. The topological polar surface area (TPSA) is 79.6 Å². The van der Waals surface area contributed by atoms with Crippen LogP contribution in [0.5, 0.6) is 0 Å². The van der Waals surface area contributed by atoms with E-state index in [2.05, 4.69) is 20.5 Å². The van der Waals surface area contributed by atoms with Gasteiger partial charge < -0.3 is 19.8 Å². The molecule has 0 spiro atoms. The van der Waals surface area contributed by atoms with Crippen molar-refractivity contribution in [3.63, 3.8) is 0 Å². The number of morpholine rings is 1. The largest absolute Gasteiger partial charge is 0.461 e. The van der Waals surface area contributed by atoms with Gasteiger partial charge in [-0.25, -0.2) is 4.79 Å². The fraction of sp³-hybridized carbons (Fsp3) is 0.333. The number of carbonyl (C=O) groups is 1. The van der Waals surface area contributed by atoms with Crippen molar-refractivity contribution in [2.75, 3.05) is 38.2 Å². The maximum Gasteiger partial charge on any atom is 0.319 e. The van der Waals surface area contributed by atoms with Gasteiger partial charge in [-0.05, 0) is 42.8 Å². The van der Waals surface area contributed by atoms with E-state index in [1.54, 1.807) is 6.20 Å². The summed E-state index contributed by atoms with van der Waals surface area (Å²) < 4.78 is 11.0. The number of amides is 2. The molecule has 1 atom stereocenters. The highest BCUT2D eigenvalue weighted by atomic mass is 16.5. The summed E-state index contributed by atoms with van der Waals surface area (Å²) in [4.78, 5) is 19.0. The minimum atomic E-state index is -0.235. The molecule has 0 aliphatic carbocycles. The molecule has 2 amide bonds. The van der Waals surface area contributed by atoms with E-state index in [4.69, 9.17) is 9.15 Å². The van der Waals surface area contributed by atoms with E-state index in [0.29, 0.717) is 19.8 Å². The number of furan rings is 1. The minimum absolute atomic E-state index is 0.0577. The minimum Gasteiger partial charge on any atom is -0.461 e. The SMILES string of the molecule is Cc1cc2cc(NC(=O)NCC(c3cccnc3)N3CCOCC3)ccc2o1. The molecule has 1 saturated heterocycles. The zero-order chi connectivity index (χ0) is 19.3. The highest BCUT2D eigenvalue weighted by Gasteiger charge is 2.23. The monoisotopic (exact) mass is 380 g/mol. The van der Waals surface area contributed by atoms with Gasteiger partial charge in [0.25, 0.3) is 0 Å². The van der Waals surface area contributed by atoms with Crippen molar-refractivity contribution in [3.05, 3.63) is 60.1 Å². The highest BCUT2D eigenvalue weighted by Crippen LogP contribution is 2.23. The zero-order valence-electron chi connectivity index (χ0n) is 15.9. The van der Waals surface area contributed by atoms with Gasteiger partial charge >= 0.3 is 6.03 Å². The van der Waals surface area contributed by atoms with Crippen LogP contribution in [0.15, 0.2) is 53.2 Å². The summed E-state index contributed by atoms with van der Waals surface area (Å²) >= 11 is 0. The standard InChI is InChI=1S/C21H24N4O3/c1-15-11-17-12-18(4-5-20(17)28-15)24-21(26)23-14-19(16-3-2-6-22-13-16)25-7-9-27-10-8-25/h2-6,11-13,19H,7-10,14H2,1H3,(H2,23,24,26). The second-order valence-corrected chi connectivity index (χ2v) is 6.90. The molecule has 28 heavy (non-hydrogen) atoms. The third kappa shape index (κ3) is 4.32. The molecule has 2 aromatic heterocycles. The second kappa shape index (κ2) is 8.41. The second-order valence-electron chi connectivity index (χ2n) is 6.90. The molecular weight excluding hydrogens is 356 g/mol. The Morgan fingerprint density at radius 1 is 1.25 bits per heavy atom. The number of carbonyl (C=O) groups excluding carboxylic acids is 1. The third-order valence-electron chi connectivity index (χ3n) is 4.91. The molecular formula is C21H24N4O3. The first-order valence-corrected chi connectivity index (χ1v) is 9.46. The van der Waals surface area contributed by atoms with Gasteiger partial charge in [0.05, 0.1) is 19.3 Å². The van der Waals surface area contributed by atoms with Crippen LogP contribution >= 0.6 is 0 Å². The van der Waals surface area contributed by atoms with Crippen molar-refractivity contribution >= 4 is 22.7 Å². The van der Waals surface area contributed by atoms with Gasteiger partial charge in [0.2, 0.25) is 0 Å². The molecule has 2 N–H and O–H groups in total. The van der Waals surface area contributed by atoms with E-state index < -0.39 is 0 Å². The number of anilines is 1. The highest BCUT2D eigenvalue weighted by molar-refractivity contribution is 5.92. The Hall–Kier alpha value is -2.90. The summed E-state index contributed by atoms with van der Waals surface area (Å²) in [6.45, 7) is 5.47. The smallest absolute Gasteiger partial charge is 0.319 e. The van der Waals surface area contributed by atoms with Crippen molar-refractivity contribution in [2.24, 2.45) is 0 Å². The van der Waals surface area contributed by atoms with Gasteiger partial charge in [-0.1, -0.05) is 6.07 Å². The maximum atomic E-state index is 12.5. The van der Waals surface area contributed by atoms with Crippen LogP contribution in [0.2, 0.25) is 0 Å². The lowest BCUT2D eigenvalue weighted by molar-refractivity contribution is 0.0167. The summed E-state index contributed by atoms with van der Waals surface area (Å²) in [5, 5.41) is 6.87. The summed E-state index contributed by atoms with van der Waals surface area (Å²) in [7, 11) is 0. The number of urea groups is 1. The predicted molar refractivity (Wildman–Crippen MR) is 107 cm³/mol. The van der Waals surface area contributed by atoms with E-state index in [9.17, 15) is 4.79 Å². The molecule has 7 nitrogen and oxygen atoms in total. The number of hydrogen-bond donors (Lipinski definition) is 2. The van der Waals surface area contributed by atoms with Crippen molar-refractivity contribution < 1.29 is 13.9 Å². The van der Waals surface area contributed by atoms with Crippen LogP contribution in [0.1, 0.15) is 17.4 Å². The van der Waals surface area contributed by atoms with E-state index in [-0.39, 0.29) is 12.1 Å². The molecule has 3 heterocycles. The summed E-state index contributed by atoms with van der Waals surface area (Å²) in [6, 6.07) is 11.4. The summed E-state index contributed by atoms with van der Waals surface area (Å²) in [6.07, 6.45) is 3.61. The fourth-order valence-electron chi connectivity index (χ4n) is 3.54. The van der Waals surface area contributed by atoms with E-state index >= 15 is 0 Å². The number of fused-ring (bicyclic) bond motifs is 1. The van der Waals surface area contributed by atoms with Gasteiger partial charge in [0.1, 0.15) is 11.3 Å². The molecule has 1 aliphatic rings. The van der Waals surface area contributed by atoms with Gasteiger partial charge in [-0.15, -0.1) is 0 Å². The zero-order valence-corrected chi connectivity index (χ0v) is 15.9. The van der Waals surface area contributed by atoms with Crippen LogP contribution < -0.4 is 10.6 Å². The van der Waals surface area contributed by atoms with Crippen LogP contribution in [0.4, 0.5) is 10.5 Å². The van der Waals surface area contributed by atoms with Gasteiger partial charge in [-0.2, -0.15) is 0 Å². The van der Waals surface area contributed by atoms with E-state index in [0.717, 1.165) is 41.1 Å². The van der Waals surface area contributed by atoms with Crippen molar-refractivity contribution in [2.45, 2.75) is 13.0 Å². The Bertz CT molecular complexity index is 935. The van der Waals surface area contributed by atoms with Gasteiger partial charge in [0, 0.05) is 43.1 Å². The van der Waals surface area contributed by atoms with Crippen LogP contribution in [0, 0.1) is 6.92 Å². The number of pyridine rings is 1. The fourth-order valence-corrected chi connectivity index (χ4v) is 3.54. The number of benzene rings is 1. The molecule has 0 radical (unpaired) electrons. The molecule has 1 aliphatic heterocycles. The van der Waals surface area contributed by atoms with Gasteiger partial charge in [0.15, 0.2) is 0 Å². The Morgan fingerprint density at radius 2 is 2.11 bits per heavy atom. The van der Waals surface area contributed by atoms with E-state index in [1.165, 1.54) is 0 Å². The summed E-state index contributed by atoms with van der Waals surface area (Å²) in [5.74, 6) is 0.849. The van der Waals surface area contributed by atoms with E-state index in [1.807, 2.05) is 49.5 Å². The molecule has 146 valence electrons. The first kappa shape index (κ1) is 18.5. The average molecular weight is 380 g/mol. The quantitative estimate of drug-likeness (QED) is 0.710. The molecule has 1 aromatic carbocycles. The lowest BCUT2D eigenvalue weighted by atomic mass is 10.1. The normalized spacial score (nSPS) is 16.0.